The van der Waals surface area contributed by atoms with Crippen molar-refractivity contribution in [2.75, 3.05) is 0 Å². The van der Waals surface area contributed by atoms with Gasteiger partial charge in [0.2, 0.25) is 0 Å². The lowest BCUT2D eigenvalue weighted by molar-refractivity contribution is 0.566. The Balaban J connectivity index is 2.39. The predicted octanol–water partition coefficient (Wildman–Crippen LogP) is 3.42. The quantitative estimate of drug-likeness (QED) is 0.862. The lowest BCUT2D eigenvalue weighted by atomic mass is 10.1. The van der Waals surface area contributed by atoms with Gasteiger partial charge in [0.15, 0.2) is 9.84 Å². The van der Waals surface area contributed by atoms with Crippen molar-refractivity contribution in [1.82, 2.24) is 0 Å². The van der Waals surface area contributed by atoms with Crippen molar-refractivity contribution in [3.8, 4) is 0 Å². The molecule has 0 heterocycles. The monoisotopic (exact) mass is 278 g/mol. The molecule has 0 aliphatic carbocycles. The van der Waals surface area contributed by atoms with Crippen LogP contribution in [0.1, 0.15) is 16.7 Å². The fourth-order valence-electron chi connectivity index (χ4n) is 2.15. The third-order valence-electron chi connectivity index (χ3n) is 2.81. The Labute approximate surface area is 112 Å². The Morgan fingerprint density at radius 3 is 2.16 bits per heavy atom. The molecule has 2 aromatic carbocycles. The van der Waals surface area contributed by atoms with Crippen LogP contribution in [0.5, 0.6) is 0 Å². The van der Waals surface area contributed by atoms with Crippen molar-refractivity contribution in [2.45, 2.75) is 24.5 Å². The lowest BCUT2D eigenvalue weighted by Gasteiger charge is -2.07. The topological polar surface area (TPSA) is 34.1 Å². The highest BCUT2D eigenvalue weighted by molar-refractivity contribution is 7.90. The van der Waals surface area contributed by atoms with Crippen LogP contribution >= 0.6 is 0 Å². The number of sulfone groups is 1. The van der Waals surface area contributed by atoms with E-state index in [1.807, 2.05) is 32.0 Å². The zero-order valence-electron chi connectivity index (χ0n) is 10.9. The molecule has 0 aromatic heterocycles. The summed E-state index contributed by atoms with van der Waals surface area (Å²) in [5.41, 5.74) is 2.68. The van der Waals surface area contributed by atoms with Gasteiger partial charge in [-0.2, -0.15) is 0 Å². The minimum absolute atomic E-state index is 0.184. The van der Waals surface area contributed by atoms with Crippen LogP contribution in [0.15, 0.2) is 47.4 Å². The molecule has 0 N–H and O–H groups in total. The van der Waals surface area contributed by atoms with Gasteiger partial charge in [-0.15, -0.1) is 0 Å². The third kappa shape index (κ3) is 3.20. The van der Waals surface area contributed by atoms with Crippen LogP contribution in [-0.2, 0) is 15.6 Å². The Morgan fingerprint density at radius 2 is 1.58 bits per heavy atom. The molecule has 0 amide bonds. The van der Waals surface area contributed by atoms with E-state index < -0.39 is 15.7 Å². The molecule has 2 rings (SSSR count). The van der Waals surface area contributed by atoms with E-state index in [1.54, 1.807) is 0 Å². The largest absolute Gasteiger partial charge is 0.223 e. The second-order valence-corrected chi connectivity index (χ2v) is 6.64. The fraction of sp³-hybridized carbons (Fsp3) is 0.200. The lowest BCUT2D eigenvalue weighted by Crippen LogP contribution is -2.07. The van der Waals surface area contributed by atoms with Gasteiger partial charge in [0.1, 0.15) is 10.7 Å². The van der Waals surface area contributed by atoms with Crippen molar-refractivity contribution in [1.29, 1.82) is 0 Å². The Bertz CT molecular complexity index is 686. The first-order chi connectivity index (χ1) is 8.88. The van der Waals surface area contributed by atoms with Crippen LogP contribution in [0.25, 0.3) is 0 Å². The molecule has 2 aromatic rings. The smallest absolute Gasteiger partial charge is 0.185 e. The SMILES string of the molecule is Cc1cc(C)cc(CS(=O)(=O)c2ccccc2F)c1. The van der Waals surface area contributed by atoms with Crippen LogP contribution < -0.4 is 0 Å². The molecule has 2 nitrogen and oxygen atoms in total. The summed E-state index contributed by atoms with van der Waals surface area (Å²) >= 11 is 0. The Morgan fingerprint density at radius 1 is 1.00 bits per heavy atom. The summed E-state index contributed by atoms with van der Waals surface area (Å²) in [5.74, 6) is -0.886. The second kappa shape index (κ2) is 5.13. The van der Waals surface area contributed by atoms with Gasteiger partial charge < -0.3 is 0 Å². The fourth-order valence-corrected chi connectivity index (χ4v) is 3.56. The maximum atomic E-state index is 13.6. The predicted molar refractivity (Wildman–Crippen MR) is 73.2 cm³/mol. The first-order valence-corrected chi connectivity index (χ1v) is 7.58. The summed E-state index contributed by atoms with van der Waals surface area (Å²) in [4.78, 5) is -0.242. The molecule has 0 aliphatic heterocycles. The molecule has 19 heavy (non-hydrogen) atoms. The Kier molecular flexibility index (Phi) is 3.71. The van der Waals surface area contributed by atoms with E-state index in [0.717, 1.165) is 17.2 Å². The van der Waals surface area contributed by atoms with Crippen LogP contribution in [0.2, 0.25) is 0 Å². The average molecular weight is 278 g/mol. The van der Waals surface area contributed by atoms with Gasteiger partial charge in [0.25, 0.3) is 0 Å². The van der Waals surface area contributed by atoms with E-state index in [1.165, 1.54) is 18.2 Å². The number of benzene rings is 2. The van der Waals surface area contributed by atoms with Crippen molar-refractivity contribution in [2.24, 2.45) is 0 Å². The molecule has 0 saturated heterocycles. The molecule has 0 bridgehead atoms. The van der Waals surface area contributed by atoms with Gasteiger partial charge in [0, 0.05) is 0 Å². The van der Waals surface area contributed by atoms with Gasteiger partial charge >= 0.3 is 0 Å². The van der Waals surface area contributed by atoms with E-state index in [4.69, 9.17) is 0 Å². The summed E-state index contributed by atoms with van der Waals surface area (Å²) in [6, 6.07) is 11.1. The maximum Gasteiger partial charge on any atom is 0.185 e. The standard InChI is InChI=1S/C15H15FO2S/c1-11-7-12(2)9-13(8-11)10-19(17,18)15-6-4-3-5-14(15)16/h3-9H,10H2,1-2H3. The highest BCUT2D eigenvalue weighted by Gasteiger charge is 2.19. The Hall–Kier alpha value is -1.68. The summed E-state index contributed by atoms with van der Waals surface area (Å²) < 4.78 is 38.0. The van der Waals surface area contributed by atoms with E-state index >= 15 is 0 Å². The van der Waals surface area contributed by atoms with E-state index in [9.17, 15) is 12.8 Å². The zero-order valence-corrected chi connectivity index (χ0v) is 11.7. The third-order valence-corrected chi connectivity index (χ3v) is 4.52. The highest BCUT2D eigenvalue weighted by Crippen LogP contribution is 2.20. The first kappa shape index (κ1) is 13.7. The van der Waals surface area contributed by atoms with Crippen LogP contribution in [0.4, 0.5) is 4.39 Å². The van der Waals surface area contributed by atoms with E-state index in [0.29, 0.717) is 5.56 Å². The summed E-state index contributed by atoms with van der Waals surface area (Å²) in [7, 11) is -3.65. The van der Waals surface area contributed by atoms with Gasteiger partial charge in [-0.25, -0.2) is 12.8 Å². The number of hydrogen-bond acceptors (Lipinski definition) is 2. The van der Waals surface area contributed by atoms with E-state index in [2.05, 4.69) is 0 Å². The van der Waals surface area contributed by atoms with Crippen molar-refractivity contribution >= 4 is 9.84 Å². The number of aryl methyl sites for hydroxylation is 2. The van der Waals surface area contributed by atoms with Crippen LogP contribution in [-0.4, -0.2) is 8.42 Å². The van der Waals surface area contributed by atoms with Crippen molar-refractivity contribution < 1.29 is 12.8 Å². The van der Waals surface area contributed by atoms with Crippen molar-refractivity contribution in [3.63, 3.8) is 0 Å². The summed E-state index contributed by atoms with van der Waals surface area (Å²) in [6.45, 7) is 3.82. The highest BCUT2D eigenvalue weighted by atomic mass is 32.2. The van der Waals surface area contributed by atoms with Gasteiger partial charge in [-0.1, -0.05) is 41.5 Å². The minimum Gasteiger partial charge on any atom is -0.223 e. The number of hydrogen-bond donors (Lipinski definition) is 0. The molecule has 0 aliphatic rings. The van der Waals surface area contributed by atoms with Gasteiger partial charge in [-0.05, 0) is 31.5 Å². The minimum atomic E-state index is -3.65. The molecule has 4 heteroatoms. The van der Waals surface area contributed by atoms with E-state index in [-0.39, 0.29) is 10.6 Å². The molecule has 0 saturated carbocycles. The van der Waals surface area contributed by atoms with Gasteiger partial charge in [-0.3, -0.25) is 0 Å². The van der Waals surface area contributed by atoms with Crippen LogP contribution in [0.3, 0.4) is 0 Å². The molecule has 0 unspecified atom stereocenters. The molecule has 100 valence electrons. The number of rotatable bonds is 3. The zero-order chi connectivity index (χ0) is 14.0. The molecular formula is C15H15FO2S. The van der Waals surface area contributed by atoms with Crippen molar-refractivity contribution in [3.05, 3.63) is 65.0 Å². The second-order valence-electron chi connectivity index (χ2n) is 4.69. The molecule has 0 atom stereocenters. The number of halogens is 1. The summed E-state index contributed by atoms with van der Waals surface area (Å²) in [6.07, 6.45) is 0. The molecule has 0 fully saturated rings. The van der Waals surface area contributed by atoms with Gasteiger partial charge in [0.05, 0.1) is 5.75 Å². The average Bonchev–Trinajstić information content (AvgIpc) is 2.26. The maximum absolute atomic E-state index is 13.6. The normalized spacial score (nSPS) is 11.5. The molecule has 0 spiro atoms. The molecule has 0 radical (unpaired) electrons. The summed E-state index contributed by atoms with van der Waals surface area (Å²) in [5, 5.41) is 0. The van der Waals surface area contributed by atoms with Crippen LogP contribution in [0, 0.1) is 19.7 Å². The molecular weight excluding hydrogens is 263 g/mol. The first-order valence-electron chi connectivity index (χ1n) is 5.93.